The van der Waals surface area contributed by atoms with Gasteiger partial charge in [-0.2, -0.15) is 5.26 Å². The lowest BCUT2D eigenvalue weighted by Crippen LogP contribution is -2.47. The molecule has 150 valence electrons. The maximum Gasteiger partial charge on any atom is 0.263 e. The van der Waals surface area contributed by atoms with Crippen molar-refractivity contribution in [2.45, 2.75) is 32.4 Å². The summed E-state index contributed by atoms with van der Waals surface area (Å²) in [4.78, 5) is 26.8. The minimum Gasteiger partial charge on any atom is -0.481 e. The molecule has 2 amide bonds. The number of nitrogens with one attached hydrogen (secondary N) is 1. The third kappa shape index (κ3) is 5.58. The van der Waals surface area contributed by atoms with E-state index in [0.29, 0.717) is 43.8 Å². The Balaban J connectivity index is 1.44. The Morgan fingerprint density at radius 1 is 1.14 bits per heavy atom. The highest BCUT2D eigenvalue weighted by Gasteiger charge is 2.30. The summed E-state index contributed by atoms with van der Waals surface area (Å²) in [5.74, 6) is 0.442. The van der Waals surface area contributed by atoms with Crippen molar-refractivity contribution in [1.29, 1.82) is 5.26 Å². The van der Waals surface area contributed by atoms with Gasteiger partial charge in [-0.25, -0.2) is 0 Å². The van der Waals surface area contributed by atoms with Crippen LogP contribution in [-0.4, -0.2) is 35.9 Å². The summed E-state index contributed by atoms with van der Waals surface area (Å²) in [5, 5.41) is 11.8. The molecule has 6 heteroatoms. The maximum atomic E-state index is 12.7. The number of likely N-dealkylation sites (tertiary alicyclic amines) is 1. The number of rotatable bonds is 6. The third-order valence-electron chi connectivity index (χ3n) is 5.13. The quantitative estimate of drug-likeness (QED) is 0.821. The molecule has 0 saturated carbocycles. The van der Waals surface area contributed by atoms with Gasteiger partial charge in [-0.15, -0.1) is 0 Å². The Hall–Kier alpha value is -3.33. The van der Waals surface area contributed by atoms with Gasteiger partial charge in [0.1, 0.15) is 5.75 Å². The van der Waals surface area contributed by atoms with Crippen LogP contribution < -0.4 is 10.1 Å². The normalized spacial score (nSPS) is 15.2. The van der Waals surface area contributed by atoms with Crippen LogP contribution in [0.1, 0.15) is 30.9 Å². The second-order valence-electron chi connectivity index (χ2n) is 7.20. The second kappa shape index (κ2) is 9.74. The van der Waals surface area contributed by atoms with Gasteiger partial charge in [0.25, 0.3) is 5.91 Å². The van der Waals surface area contributed by atoms with Crippen molar-refractivity contribution in [2.24, 2.45) is 5.92 Å². The summed E-state index contributed by atoms with van der Waals surface area (Å²) in [5.41, 5.74) is 1.62. The lowest BCUT2D eigenvalue weighted by Gasteiger charge is -2.33. The average Bonchev–Trinajstić information content (AvgIpc) is 2.78. The van der Waals surface area contributed by atoms with Gasteiger partial charge in [-0.05, 0) is 49.6 Å². The van der Waals surface area contributed by atoms with Crippen LogP contribution in [0, 0.1) is 17.2 Å². The molecule has 1 atom stereocenters. The number of carbonyl (C=O) groups is 2. The molecule has 0 radical (unpaired) electrons. The van der Waals surface area contributed by atoms with Crippen LogP contribution >= 0.6 is 0 Å². The van der Waals surface area contributed by atoms with E-state index in [1.54, 1.807) is 36.1 Å². The maximum absolute atomic E-state index is 12.7. The zero-order chi connectivity index (χ0) is 20.6. The van der Waals surface area contributed by atoms with Crippen LogP contribution in [0.4, 0.5) is 0 Å². The van der Waals surface area contributed by atoms with Crippen LogP contribution in [-0.2, 0) is 16.1 Å². The Labute approximate surface area is 171 Å². The largest absolute Gasteiger partial charge is 0.481 e. The predicted octanol–water partition coefficient (Wildman–Crippen LogP) is 2.88. The molecule has 1 aliphatic rings. The fourth-order valence-corrected chi connectivity index (χ4v) is 3.41. The summed E-state index contributed by atoms with van der Waals surface area (Å²) in [6.07, 6.45) is 0.678. The van der Waals surface area contributed by atoms with E-state index in [1.165, 1.54) is 0 Å². The van der Waals surface area contributed by atoms with Gasteiger partial charge in [-0.3, -0.25) is 9.59 Å². The summed E-state index contributed by atoms with van der Waals surface area (Å²) in [7, 11) is 0. The van der Waals surface area contributed by atoms with E-state index in [-0.39, 0.29) is 17.7 Å². The molecule has 0 aromatic heterocycles. The Morgan fingerprint density at radius 2 is 1.79 bits per heavy atom. The number of hydrogen-bond acceptors (Lipinski definition) is 4. The molecule has 0 bridgehead atoms. The first-order chi connectivity index (χ1) is 14.1. The number of ether oxygens (including phenoxy) is 1. The van der Waals surface area contributed by atoms with Crippen molar-refractivity contribution in [3.8, 4) is 11.8 Å². The second-order valence-corrected chi connectivity index (χ2v) is 7.20. The molecular weight excluding hydrogens is 366 g/mol. The number of nitriles is 1. The smallest absolute Gasteiger partial charge is 0.263 e. The third-order valence-corrected chi connectivity index (χ3v) is 5.13. The molecule has 1 N–H and O–H groups in total. The molecule has 3 rings (SSSR count). The van der Waals surface area contributed by atoms with E-state index >= 15 is 0 Å². The highest BCUT2D eigenvalue weighted by Crippen LogP contribution is 2.20. The topological polar surface area (TPSA) is 82.4 Å². The molecule has 2 aromatic rings. The molecule has 0 unspecified atom stereocenters. The van der Waals surface area contributed by atoms with Crippen molar-refractivity contribution < 1.29 is 14.3 Å². The predicted molar refractivity (Wildman–Crippen MR) is 109 cm³/mol. The van der Waals surface area contributed by atoms with Gasteiger partial charge < -0.3 is 15.0 Å². The molecule has 1 heterocycles. The van der Waals surface area contributed by atoms with Gasteiger partial charge in [0.2, 0.25) is 5.91 Å². The number of carbonyl (C=O) groups excluding carboxylic acids is 2. The molecule has 0 aliphatic carbocycles. The standard InChI is InChI=1S/C23H25N3O3/c1-17(29-21-9-7-18(15-24)8-10-21)23(28)26-13-11-20(12-14-26)22(27)25-16-19-5-3-2-4-6-19/h2-10,17,20H,11-14,16H2,1H3,(H,25,27)/t17-/m0/s1. The SMILES string of the molecule is C[C@H](Oc1ccc(C#N)cc1)C(=O)N1CCC(C(=O)NCc2ccccc2)CC1. The van der Waals surface area contributed by atoms with Crippen LogP contribution in [0.25, 0.3) is 0 Å². The van der Waals surface area contributed by atoms with Crippen LogP contribution in [0.15, 0.2) is 54.6 Å². The molecule has 1 aliphatic heterocycles. The van der Waals surface area contributed by atoms with Crippen LogP contribution in [0.2, 0.25) is 0 Å². The number of benzene rings is 2. The first-order valence-electron chi connectivity index (χ1n) is 9.84. The van der Waals surface area contributed by atoms with Crippen LogP contribution in [0.5, 0.6) is 5.75 Å². The number of piperidine rings is 1. The van der Waals surface area contributed by atoms with E-state index in [1.807, 2.05) is 36.4 Å². The Morgan fingerprint density at radius 3 is 2.41 bits per heavy atom. The molecule has 1 fully saturated rings. The van der Waals surface area contributed by atoms with E-state index < -0.39 is 6.10 Å². The highest BCUT2D eigenvalue weighted by atomic mass is 16.5. The molecule has 2 aromatic carbocycles. The molecule has 29 heavy (non-hydrogen) atoms. The first-order valence-corrected chi connectivity index (χ1v) is 9.84. The fourth-order valence-electron chi connectivity index (χ4n) is 3.41. The lowest BCUT2D eigenvalue weighted by molar-refractivity contribution is -0.141. The monoisotopic (exact) mass is 391 g/mol. The zero-order valence-corrected chi connectivity index (χ0v) is 16.5. The average molecular weight is 391 g/mol. The zero-order valence-electron chi connectivity index (χ0n) is 16.5. The highest BCUT2D eigenvalue weighted by molar-refractivity contribution is 5.82. The lowest BCUT2D eigenvalue weighted by atomic mass is 9.95. The van der Waals surface area contributed by atoms with E-state index in [0.717, 1.165) is 5.56 Å². The molecule has 0 spiro atoms. The Kier molecular flexibility index (Phi) is 6.85. The van der Waals surface area contributed by atoms with E-state index in [2.05, 4.69) is 5.32 Å². The van der Waals surface area contributed by atoms with Crippen molar-refractivity contribution in [1.82, 2.24) is 10.2 Å². The fraction of sp³-hybridized carbons (Fsp3) is 0.348. The van der Waals surface area contributed by atoms with Crippen molar-refractivity contribution in [3.63, 3.8) is 0 Å². The van der Waals surface area contributed by atoms with Crippen molar-refractivity contribution >= 4 is 11.8 Å². The van der Waals surface area contributed by atoms with Gasteiger partial charge in [0.15, 0.2) is 6.10 Å². The summed E-state index contributed by atoms with van der Waals surface area (Å²) >= 11 is 0. The Bertz CT molecular complexity index is 866. The number of amides is 2. The minimum absolute atomic E-state index is 0.0443. The van der Waals surface area contributed by atoms with Gasteiger partial charge in [0, 0.05) is 25.6 Å². The number of nitrogens with zero attached hydrogens (tertiary/aromatic N) is 2. The number of hydrogen-bond donors (Lipinski definition) is 1. The summed E-state index contributed by atoms with van der Waals surface area (Å²) < 4.78 is 5.71. The summed E-state index contributed by atoms with van der Waals surface area (Å²) in [6, 6.07) is 18.6. The summed E-state index contributed by atoms with van der Waals surface area (Å²) in [6.45, 7) is 3.33. The van der Waals surface area contributed by atoms with Crippen molar-refractivity contribution in [2.75, 3.05) is 13.1 Å². The molecule has 6 nitrogen and oxygen atoms in total. The van der Waals surface area contributed by atoms with E-state index in [9.17, 15) is 9.59 Å². The van der Waals surface area contributed by atoms with Gasteiger partial charge >= 0.3 is 0 Å². The van der Waals surface area contributed by atoms with Crippen LogP contribution in [0.3, 0.4) is 0 Å². The first kappa shape index (κ1) is 20.4. The minimum atomic E-state index is -0.619. The molecule has 1 saturated heterocycles. The van der Waals surface area contributed by atoms with Gasteiger partial charge in [-0.1, -0.05) is 30.3 Å². The molecular formula is C23H25N3O3. The van der Waals surface area contributed by atoms with Crippen molar-refractivity contribution in [3.05, 3.63) is 65.7 Å². The van der Waals surface area contributed by atoms with Gasteiger partial charge in [0.05, 0.1) is 11.6 Å². The van der Waals surface area contributed by atoms with E-state index in [4.69, 9.17) is 10.00 Å².